The molecule has 0 bridgehead atoms. The van der Waals surface area contributed by atoms with Crippen LogP contribution in [0, 0.1) is 5.92 Å². The van der Waals surface area contributed by atoms with E-state index in [0.29, 0.717) is 23.2 Å². The molecule has 3 aromatic rings. The number of hydrogen-bond donors (Lipinski definition) is 2. The van der Waals surface area contributed by atoms with E-state index in [1.807, 2.05) is 42.5 Å². The summed E-state index contributed by atoms with van der Waals surface area (Å²) in [6.45, 7) is 2.38. The zero-order valence-electron chi connectivity index (χ0n) is 18.8. The number of benzene rings is 2. The molecule has 2 heterocycles. The van der Waals surface area contributed by atoms with Crippen molar-refractivity contribution in [2.45, 2.75) is 38.1 Å². The zero-order valence-corrected chi connectivity index (χ0v) is 19.5. The Labute approximate surface area is 203 Å². The highest BCUT2D eigenvalue weighted by Crippen LogP contribution is 2.40. The van der Waals surface area contributed by atoms with Gasteiger partial charge in [0.2, 0.25) is 11.7 Å². The standard InChI is InChI=1S/C25H27ClN6O2/c26-20-5-1-2-6-21(20)32-24(17-9-10-17)29-23(30-32)25(34)28-19-11-7-16(8-12-19)14-31-13-3-4-18(15-31)22(27)33/h1-2,5-8,11-12,17-18H,3-4,9-10,13-15H2,(H2,27,33)(H,28,34). The highest BCUT2D eigenvalue weighted by molar-refractivity contribution is 6.32. The number of anilines is 1. The van der Waals surface area contributed by atoms with Crippen molar-refractivity contribution < 1.29 is 9.59 Å². The highest BCUT2D eigenvalue weighted by Gasteiger charge is 2.32. The van der Waals surface area contributed by atoms with Gasteiger partial charge in [-0.15, -0.1) is 5.10 Å². The van der Waals surface area contributed by atoms with Gasteiger partial charge in [0.1, 0.15) is 5.82 Å². The summed E-state index contributed by atoms with van der Waals surface area (Å²) in [5, 5.41) is 7.93. The Morgan fingerprint density at radius 3 is 2.56 bits per heavy atom. The van der Waals surface area contributed by atoms with E-state index in [9.17, 15) is 9.59 Å². The molecule has 2 fully saturated rings. The molecule has 176 valence electrons. The molecule has 34 heavy (non-hydrogen) atoms. The first-order valence-corrected chi connectivity index (χ1v) is 12.0. The van der Waals surface area contributed by atoms with Gasteiger partial charge in [-0.05, 0) is 62.1 Å². The van der Waals surface area contributed by atoms with E-state index in [1.165, 1.54) is 0 Å². The van der Waals surface area contributed by atoms with Crippen molar-refractivity contribution in [3.63, 3.8) is 0 Å². The number of amides is 2. The monoisotopic (exact) mass is 478 g/mol. The van der Waals surface area contributed by atoms with Gasteiger partial charge in [-0.2, -0.15) is 0 Å². The molecular formula is C25H27ClN6O2. The summed E-state index contributed by atoms with van der Waals surface area (Å²) in [4.78, 5) is 31.2. The maximum Gasteiger partial charge on any atom is 0.295 e. The molecule has 1 aliphatic heterocycles. The molecule has 1 unspecified atom stereocenters. The third-order valence-electron chi connectivity index (χ3n) is 6.38. The number of para-hydroxylation sites is 1. The number of aromatic nitrogens is 3. The minimum Gasteiger partial charge on any atom is -0.369 e. The summed E-state index contributed by atoms with van der Waals surface area (Å²) >= 11 is 6.37. The minimum absolute atomic E-state index is 0.0779. The Hall–Kier alpha value is -3.23. The molecule has 9 heteroatoms. The van der Waals surface area contributed by atoms with Crippen molar-refractivity contribution in [1.29, 1.82) is 0 Å². The average Bonchev–Trinajstić information content (AvgIpc) is 3.59. The van der Waals surface area contributed by atoms with Crippen molar-refractivity contribution in [2.75, 3.05) is 18.4 Å². The van der Waals surface area contributed by atoms with E-state index in [-0.39, 0.29) is 23.6 Å². The maximum atomic E-state index is 12.9. The van der Waals surface area contributed by atoms with Crippen LogP contribution in [0.5, 0.6) is 0 Å². The molecule has 3 N–H and O–H groups in total. The molecule has 1 saturated heterocycles. The summed E-state index contributed by atoms with van der Waals surface area (Å²) in [5.41, 5.74) is 7.99. The van der Waals surface area contributed by atoms with E-state index in [1.54, 1.807) is 10.7 Å². The van der Waals surface area contributed by atoms with Crippen LogP contribution >= 0.6 is 11.6 Å². The van der Waals surface area contributed by atoms with Gasteiger partial charge in [0.15, 0.2) is 0 Å². The summed E-state index contributed by atoms with van der Waals surface area (Å²) < 4.78 is 1.69. The summed E-state index contributed by atoms with van der Waals surface area (Å²) in [5.74, 6) is 0.527. The fraction of sp³-hybridized carbons (Fsp3) is 0.360. The van der Waals surface area contributed by atoms with E-state index in [0.717, 1.165) is 55.8 Å². The fourth-order valence-electron chi connectivity index (χ4n) is 4.40. The second-order valence-corrected chi connectivity index (χ2v) is 9.47. The lowest BCUT2D eigenvalue weighted by Crippen LogP contribution is -2.40. The number of nitrogens with one attached hydrogen (secondary N) is 1. The molecule has 1 aromatic heterocycles. The Bertz CT molecular complexity index is 1200. The molecule has 8 nitrogen and oxygen atoms in total. The van der Waals surface area contributed by atoms with Gasteiger partial charge in [0.05, 0.1) is 16.6 Å². The lowest BCUT2D eigenvalue weighted by Gasteiger charge is -2.31. The molecule has 5 rings (SSSR count). The highest BCUT2D eigenvalue weighted by atomic mass is 35.5. The number of halogens is 1. The Balaban J connectivity index is 1.26. The van der Waals surface area contributed by atoms with Crippen LogP contribution in [0.25, 0.3) is 5.69 Å². The Kier molecular flexibility index (Phi) is 6.34. The lowest BCUT2D eigenvalue weighted by atomic mass is 9.97. The first-order chi connectivity index (χ1) is 16.5. The number of rotatable bonds is 7. The molecule has 2 amide bonds. The van der Waals surface area contributed by atoms with Gasteiger partial charge in [-0.1, -0.05) is 35.9 Å². The molecule has 0 spiro atoms. The quantitative estimate of drug-likeness (QED) is 0.538. The van der Waals surface area contributed by atoms with E-state index < -0.39 is 0 Å². The molecule has 1 atom stereocenters. The van der Waals surface area contributed by atoms with Crippen molar-refractivity contribution >= 4 is 29.1 Å². The van der Waals surface area contributed by atoms with Gasteiger partial charge in [0, 0.05) is 24.7 Å². The average molecular weight is 479 g/mol. The van der Waals surface area contributed by atoms with Crippen molar-refractivity contribution in [2.24, 2.45) is 11.7 Å². The van der Waals surface area contributed by atoms with Gasteiger partial charge in [0.25, 0.3) is 5.91 Å². The van der Waals surface area contributed by atoms with E-state index in [2.05, 4.69) is 20.3 Å². The van der Waals surface area contributed by atoms with Gasteiger partial charge in [-0.25, -0.2) is 9.67 Å². The molecule has 1 saturated carbocycles. The third-order valence-corrected chi connectivity index (χ3v) is 6.70. The van der Waals surface area contributed by atoms with Crippen LogP contribution < -0.4 is 11.1 Å². The van der Waals surface area contributed by atoms with Gasteiger partial charge in [-0.3, -0.25) is 14.5 Å². The smallest absolute Gasteiger partial charge is 0.295 e. The van der Waals surface area contributed by atoms with Crippen LogP contribution in [0.4, 0.5) is 5.69 Å². The Morgan fingerprint density at radius 2 is 1.85 bits per heavy atom. The van der Waals surface area contributed by atoms with Gasteiger partial charge < -0.3 is 11.1 Å². The van der Waals surface area contributed by atoms with Crippen LogP contribution in [0.1, 0.15) is 53.6 Å². The SMILES string of the molecule is NC(=O)C1CCCN(Cc2ccc(NC(=O)c3nc(C4CC4)n(-c4ccccc4Cl)n3)cc2)C1. The maximum absolute atomic E-state index is 12.9. The number of likely N-dealkylation sites (tertiary alicyclic amines) is 1. The van der Waals surface area contributed by atoms with Crippen LogP contribution in [0.3, 0.4) is 0 Å². The molecule has 0 radical (unpaired) electrons. The van der Waals surface area contributed by atoms with Crippen molar-refractivity contribution in [1.82, 2.24) is 19.7 Å². The van der Waals surface area contributed by atoms with Gasteiger partial charge >= 0.3 is 0 Å². The Morgan fingerprint density at radius 1 is 1.09 bits per heavy atom. The zero-order chi connectivity index (χ0) is 23.7. The summed E-state index contributed by atoms with van der Waals surface area (Å²) in [7, 11) is 0. The topological polar surface area (TPSA) is 106 Å². The molecule has 2 aromatic carbocycles. The number of hydrogen-bond acceptors (Lipinski definition) is 5. The number of primary amides is 1. The first-order valence-electron chi connectivity index (χ1n) is 11.6. The third kappa shape index (κ3) is 4.98. The summed E-state index contributed by atoms with van der Waals surface area (Å²) in [6.07, 6.45) is 3.89. The normalized spacial score (nSPS) is 18.6. The fourth-order valence-corrected chi connectivity index (χ4v) is 4.61. The predicted octanol–water partition coefficient (Wildman–Crippen LogP) is 3.75. The van der Waals surface area contributed by atoms with Crippen molar-refractivity contribution in [3.8, 4) is 5.69 Å². The molecular weight excluding hydrogens is 452 g/mol. The summed E-state index contributed by atoms with van der Waals surface area (Å²) in [6, 6.07) is 15.1. The minimum atomic E-state index is -0.360. The largest absolute Gasteiger partial charge is 0.369 e. The van der Waals surface area contributed by atoms with Crippen LogP contribution in [-0.2, 0) is 11.3 Å². The predicted molar refractivity (Wildman–Crippen MR) is 130 cm³/mol. The van der Waals surface area contributed by atoms with Crippen molar-refractivity contribution in [3.05, 3.63) is 70.8 Å². The van der Waals surface area contributed by atoms with Crippen LogP contribution in [0.2, 0.25) is 5.02 Å². The number of nitrogens with zero attached hydrogens (tertiary/aromatic N) is 4. The number of carbonyl (C=O) groups is 2. The van der Waals surface area contributed by atoms with Crippen LogP contribution in [-0.4, -0.2) is 44.6 Å². The first kappa shape index (κ1) is 22.6. The molecule has 1 aliphatic carbocycles. The van der Waals surface area contributed by atoms with Crippen LogP contribution in [0.15, 0.2) is 48.5 Å². The van der Waals surface area contributed by atoms with E-state index in [4.69, 9.17) is 17.3 Å². The number of carbonyl (C=O) groups excluding carboxylic acids is 2. The number of nitrogens with two attached hydrogens (primary N) is 1. The second kappa shape index (κ2) is 9.56. The lowest BCUT2D eigenvalue weighted by molar-refractivity contribution is -0.123. The second-order valence-electron chi connectivity index (χ2n) is 9.06. The molecule has 2 aliphatic rings. The number of piperidine rings is 1. The van der Waals surface area contributed by atoms with E-state index >= 15 is 0 Å².